The lowest BCUT2D eigenvalue weighted by Crippen LogP contribution is -2.46. The molecule has 4 aromatic rings. The Balaban J connectivity index is 1.53. The summed E-state index contributed by atoms with van der Waals surface area (Å²) in [6.45, 7) is 5.67. The number of carbonyl (C=O) groups is 1. The summed E-state index contributed by atoms with van der Waals surface area (Å²) in [6, 6.07) is 16.2. The molecule has 1 N–H and O–H groups in total. The van der Waals surface area contributed by atoms with Gasteiger partial charge in [0.1, 0.15) is 11.6 Å². The van der Waals surface area contributed by atoms with E-state index in [1.54, 1.807) is 35.2 Å². The first kappa shape index (κ1) is 22.6. The number of fused-ring (bicyclic) bond motifs is 1. The number of rotatable bonds is 7. The molecule has 0 radical (unpaired) electrons. The molecule has 35 heavy (non-hydrogen) atoms. The van der Waals surface area contributed by atoms with Gasteiger partial charge in [-0.25, -0.2) is 18.5 Å². The monoisotopic (exact) mass is 473 g/mol. The van der Waals surface area contributed by atoms with E-state index in [9.17, 15) is 9.18 Å². The van der Waals surface area contributed by atoms with Crippen LogP contribution in [0.5, 0.6) is 0 Å². The zero-order chi connectivity index (χ0) is 24.5. The Labute approximate surface area is 203 Å². The zero-order valence-corrected chi connectivity index (χ0v) is 20.0. The predicted octanol–water partition coefficient (Wildman–Crippen LogP) is 5.03. The number of carbonyl (C=O) groups excluding carboxylic acids is 1. The highest BCUT2D eigenvalue weighted by Gasteiger charge is 2.34. The molecule has 0 fully saturated rings. The van der Waals surface area contributed by atoms with Crippen molar-refractivity contribution in [2.45, 2.75) is 26.9 Å². The Morgan fingerprint density at radius 3 is 2.49 bits per heavy atom. The molecule has 2 aromatic carbocycles. The van der Waals surface area contributed by atoms with Crippen LogP contribution in [0.15, 0.2) is 67.0 Å². The molecule has 0 atom stereocenters. The molecule has 9 heteroatoms. The summed E-state index contributed by atoms with van der Waals surface area (Å²) in [5.41, 5.74) is 3.71. The SMILES string of the molecule is CC(C)CN1C(=O)N(C)Cc2c1nn(Cc1ccc(-n3cccn3)cc1)c2Nc1ccc(F)cc1. The normalized spacial score (nSPS) is 13.5. The van der Waals surface area contributed by atoms with Crippen molar-refractivity contribution < 1.29 is 9.18 Å². The van der Waals surface area contributed by atoms with E-state index >= 15 is 0 Å². The number of amides is 2. The largest absolute Gasteiger partial charge is 0.340 e. The summed E-state index contributed by atoms with van der Waals surface area (Å²) in [6.07, 6.45) is 3.65. The fraction of sp³-hybridized carbons (Fsp3) is 0.269. The quantitative estimate of drug-likeness (QED) is 0.409. The van der Waals surface area contributed by atoms with Crippen LogP contribution in [0.2, 0.25) is 0 Å². The van der Waals surface area contributed by atoms with Gasteiger partial charge in [-0.15, -0.1) is 0 Å². The topological polar surface area (TPSA) is 71.2 Å². The maximum absolute atomic E-state index is 13.5. The van der Waals surface area contributed by atoms with Gasteiger partial charge < -0.3 is 10.2 Å². The van der Waals surface area contributed by atoms with Crippen LogP contribution >= 0.6 is 0 Å². The van der Waals surface area contributed by atoms with Crippen molar-refractivity contribution in [1.29, 1.82) is 0 Å². The summed E-state index contributed by atoms with van der Waals surface area (Å²) < 4.78 is 17.2. The molecule has 1 aliphatic heterocycles. The van der Waals surface area contributed by atoms with Gasteiger partial charge in [-0.05, 0) is 53.9 Å². The molecule has 1 aliphatic rings. The zero-order valence-electron chi connectivity index (χ0n) is 20.0. The summed E-state index contributed by atoms with van der Waals surface area (Å²) in [5, 5.41) is 12.6. The van der Waals surface area contributed by atoms with Crippen molar-refractivity contribution in [3.05, 3.63) is 83.9 Å². The fourth-order valence-electron chi connectivity index (χ4n) is 4.25. The van der Waals surface area contributed by atoms with E-state index in [4.69, 9.17) is 5.10 Å². The molecule has 0 aliphatic carbocycles. The highest BCUT2D eigenvalue weighted by molar-refractivity contribution is 5.95. The van der Waals surface area contributed by atoms with Crippen molar-refractivity contribution in [3.63, 3.8) is 0 Å². The molecule has 2 amide bonds. The number of aromatic nitrogens is 4. The van der Waals surface area contributed by atoms with Crippen LogP contribution in [0.25, 0.3) is 5.69 Å². The minimum Gasteiger partial charge on any atom is -0.340 e. The average molecular weight is 474 g/mol. The lowest BCUT2D eigenvalue weighted by atomic mass is 10.1. The highest BCUT2D eigenvalue weighted by Crippen LogP contribution is 2.35. The summed E-state index contributed by atoms with van der Waals surface area (Å²) >= 11 is 0. The third-order valence-electron chi connectivity index (χ3n) is 5.93. The second-order valence-electron chi connectivity index (χ2n) is 9.20. The Hall–Kier alpha value is -4.14. The van der Waals surface area contributed by atoms with E-state index in [0.717, 1.165) is 28.3 Å². The van der Waals surface area contributed by atoms with Crippen LogP contribution in [-0.4, -0.2) is 44.1 Å². The standard InChI is InChI=1S/C26H28FN7O/c1-18(2)15-32-25-23(17-31(3)26(32)35)24(29-21-9-7-20(27)8-10-21)34(30-25)16-19-5-11-22(12-6-19)33-14-4-13-28-33/h4-14,18,29H,15-17H2,1-3H3. The minimum absolute atomic E-state index is 0.0623. The summed E-state index contributed by atoms with van der Waals surface area (Å²) in [7, 11) is 1.80. The molecular weight excluding hydrogens is 445 g/mol. The Kier molecular flexibility index (Phi) is 5.98. The van der Waals surface area contributed by atoms with Crippen molar-refractivity contribution >= 4 is 23.4 Å². The van der Waals surface area contributed by atoms with Crippen molar-refractivity contribution in [2.75, 3.05) is 23.8 Å². The van der Waals surface area contributed by atoms with Gasteiger partial charge in [0.25, 0.3) is 0 Å². The van der Waals surface area contributed by atoms with Crippen LogP contribution in [0, 0.1) is 11.7 Å². The molecular formula is C26H28FN7O. The number of benzene rings is 2. The van der Waals surface area contributed by atoms with E-state index in [1.165, 1.54) is 12.1 Å². The molecule has 2 aromatic heterocycles. The molecule has 0 saturated heterocycles. The van der Waals surface area contributed by atoms with Gasteiger partial charge in [-0.1, -0.05) is 26.0 Å². The van der Waals surface area contributed by atoms with Gasteiger partial charge in [0.15, 0.2) is 5.82 Å². The van der Waals surface area contributed by atoms with Gasteiger partial charge >= 0.3 is 6.03 Å². The lowest BCUT2D eigenvalue weighted by Gasteiger charge is -2.33. The van der Waals surface area contributed by atoms with E-state index in [0.29, 0.717) is 25.5 Å². The summed E-state index contributed by atoms with van der Waals surface area (Å²) in [5.74, 6) is 1.44. The predicted molar refractivity (Wildman–Crippen MR) is 134 cm³/mol. The van der Waals surface area contributed by atoms with Crippen LogP contribution in [0.3, 0.4) is 0 Å². The molecule has 0 bridgehead atoms. The third kappa shape index (κ3) is 4.62. The van der Waals surface area contributed by atoms with E-state index in [-0.39, 0.29) is 17.8 Å². The highest BCUT2D eigenvalue weighted by atomic mass is 19.1. The van der Waals surface area contributed by atoms with Gasteiger partial charge in [-0.2, -0.15) is 10.2 Å². The van der Waals surface area contributed by atoms with Crippen molar-refractivity contribution in [1.82, 2.24) is 24.5 Å². The molecule has 0 spiro atoms. The van der Waals surface area contributed by atoms with Crippen LogP contribution in [0.1, 0.15) is 25.0 Å². The third-order valence-corrected chi connectivity index (χ3v) is 5.93. The number of nitrogens with one attached hydrogen (secondary N) is 1. The maximum atomic E-state index is 13.5. The van der Waals surface area contributed by atoms with Gasteiger partial charge in [0.2, 0.25) is 0 Å². The number of hydrogen-bond donors (Lipinski definition) is 1. The van der Waals surface area contributed by atoms with E-state index < -0.39 is 0 Å². The van der Waals surface area contributed by atoms with Gasteiger partial charge in [0, 0.05) is 31.7 Å². The van der Waals surface area contributed by atoms with Crippen molar-refractivity contribution in [3.8, 4) is 5.69 Å². The van der Waals surface area contributed by atoms with E-state index in [2.05, 4.69) is 24.3 Å². The number of hydrogen-bond acceptors (Lipinski definition) is 4. The molecule has 0 unspecified atom stereocenters. The Morgan fingerprint density at radius 1 is 1.09 bits per heavy atom. The first-order chi connectivity index (χ1) is 16.9. The minimum atomic E-state index is -0.295. The molecule has 0 saturated carbocycles. The molecule has 5 rings (SSSR count). The maximum Gasteiger partial charge on any atom is 0.325 e. The van der Waals surface area contributed by atoms with Gasteiger partial charge in [-0.3, -0.25) is 4.90 Å². The molecule has 180 valence electrons. The summed E-state index contributed by atoms with van der Waals surface area (Å²) in [4.78, 5) is 16.4. The van der Waals surface area contributed by atoms with Crippen molar-refractivity contribution in [2.24, 2.45) is 5.92 Å². The lowest BCUT2D eigenvalue weighted by molar-refractivity contribution is 0.209. The van der Waals surface area contributed by atoms with Crippen LogP contribution in [0.4, 0.5) is 26.5 Å². The Bertz CT molecular complexity index is 1310. The van der Waals surface area contributed by atoms with Gasteiger partial charge in [0.05, 0.1) is 24.3 Å². The first-order valence-electron chi connectivity index (χ1n) is 11.6. The second-order valence-corrected chi connectivity index (χ2v) is 9.20. The second kappa shape index (κ2) is 9.25. The fourth-order valence-corrected chi connectivity index (χ4v) is 4.25. The van der Waals surface area contributed by atoms with Crippen LogP contribution in [-0.2, 0) is 13.1 Å². The molecule has 8 nitrogen and oxygen atoms in total. The number of anilines is 3. The molecule has 3 heterocycles. The smallest absolute Gasteiger partial charge is 0.325 e. The number of halogens is 1. The average Bonchev–Trinajstić information content (AvgIpc) is 3.48. The van der Waals surface area contributed by atoms with E-state index in [1.807, 2.05) is 45.9 Å². The number of urea groups is 1. The van der Waals surface area contributed by atoms with Crippen LogP contribution < -0.4 is 10.2 Å². The Morgan fingerprint density at radius 2 is 1.83 bits per heavy atom. The first-order valence-corrected chi connectivity index (χ1v) is 11.6. The number of nitrogens with zero attached hydrogens (tertiary/aromatic N) is 6.